The third kappa shape index (κ3) is 3.56. The van der Waals surface area contributed by atoms with E-state index < -0.39 is 10.0 Å². The van der Waals surface area contributed by atoms with Crippen LogP contribution in [0.1, 0.15) is 36.9 Å². The minimum atomic E-state index is -3.42. The van der Waals surface area contributed by atoms with E-state index in [1.807, 2.05) is 41.1 Å². The third-order valence-corrected chi connectivity index (χ3v) is 6.65. The van der Waals surface area contributed by atoms with Crippen molar-refractivity contribution in [3.63, 3.8) is 0 Å². The minimum absolute atomic E-state index is 0.0132. The summed E-state index contributed by atoms with van der Waals surface area (Å²) in [6.07, 6.45) is 2.26. The third-order valence-electron chi connectivity index (χ3n) is 5.38. The van der Waals surface area contributed by atoms with E-state index in [1.165, 1.54) is 5.56 Å². The minimum Gasteiger partial charge on any atom is -0.276 e. The summed E-state index contributed by atoms with van der Waals surface area (Å²) in [4.78, 5) is 0. The molecule has 2 aromatic heterocycles. The molecule has 0 aliphatic heterocycles. The summed E-state index contributed by atoms with van der Waals surface area (Å²) in [5, 5.41) is 16.7. The predicted octanol–water partition coefficient (Wildman–Crippen LogP) is 3.51. The molecule has 2 heterocycles. The second-order valence-electron chi connectivity index (χ2n) is 7.58. The molecule has 0 radical (unpaired) electrons. The maximum absolute atomic E-state index is 12.0. The van der Waals surface area contributed by atoms with Crippen LogP contribution in [0.5, 0.6) is 0 Å². The number of benzene rings is 2. The smallest absolute Gasteiger partial charge is 0.233 e. The molecule has 8 nitrogen and oxygen atoms in total. The fourth-order valence-electron chi connectivity index (χ4n) is 3.62. The molecule has 4 aromatic rings. The molecule has 0 unspecified atom stereocenters. The average molecular weight is 423 g/mol. The molecule has 30 heavy (non-hydrogen) atoms. The number of nitrogens with one attached hydrogen (secondary N) is 2. The van der Waals surface area contributed by atoms with E-state index in [4.69, 9.17) is 0 Å². The predicted molar refractivity (Wildman–Crippen MR) is 116 cm³/mol. The van der Waals surface area contributed by atoms with Crippen molar-refractivity contribution in [2.24, 2.45) is 0 Å². The SMILES string of the molecule is CCS(=O)(=O)Nc1n[nH]c2ccc(-c3nnn(Cc4ccccc4)c3C3CC3)cc12. The van der Waals surface area contributed by atoms with E-state index in [1.54, 1.807) is 6.92 Å². The van der Waals surface area contributed by atoms with Gasteiger partial charge in [-0.25, -0.2) is 13.1 Å². The Morgan fingerprint density at radius 3 is 2.70 bits per heavy atom. The molecule has 2 aromatic carbocycles. The van der Waals surface area contributed by atoms with Gasteiger partial charge in [0.05, 0.1) is 23.5 Å². The Balaban J connectivity index is 1.55. The van der Waals surface area contributed by atoms with Crippen molar-refractivity contribution in [1.29, 1.82) is 0 Å². The van der Waals surface area contributed by atoms with Crippen molar-refractivity contribution in [1.82, 2.24) is 25.2 Å². The molecule has 0 bridgehead atoms. The number of anilines is 1. The number of hydrogen-bond acceptors (Lipinski definition) is 5. The van der Waals surface area contributed by atoms with Gasteiger partial charge in [-0.15, -0.1) is 5.10 Å². The molecule has 0 amide bonds. The van der Waals surface area contributed by atoms with E-state index >= 15 is 0 Å². The van der Waals surface area contributed by atoms with Crippen molar-refractivity contribution in [2.45, 2.75) is 32.2 Å². The van der Waals surface area contributed by atoms with Crippen LogP contribution in [0.2, 0.25) is 0 Å². The van der Waals surface area contributed by atoms with Gasteiger partial charge in [0.2, 0.25) is 10.0 Å². The Labute approximate surface area is 174 Å². The van der Waals surface area contributed by atoms with Gasteiger partial charge in [-0.2, -0.15) is 5.10 Å². The summed E-state index contributed by atoms with van der Waals surface area (Å²) in [5.74, 6) is 0.746. The standard InChI is InChI=1S/C21H22N6O2S/c1-2-30(28,29)25-21-17-12-16(10-11-18(17)22-24-21)19-20(15-8-9-15)27(26-23-19)13-14-6-4-3-5-7-14/h3-7,10-12,15H,2,8-9,13H2,1H3,(H2,22,24,25). The molecule has 154 valence electrons. The first-order chi connectivity index (χ1) is 14.5. The maximum atomic E-state index is 12.0. The molecule has 1 aliphatic rings. The van der Waals surface area contributed by atoms with Crippen LogP contribution in [0.3, 0.4) is 0 Å². The van der Waals surface area contributed by atoms with Gasteiger partial charge < -0.3 is 0 Å². The van der Waals surface area contributed by atoms with Gasteiger partial charge >= 0.3 is 0 Å². The normalized spacial score (nSPS) is 14.3. The quantitative estimate of drug-likeness (QED) is 0.474. The highest BCUT2D eigenvalue weighted by Gasteiger charge is 2.32. The monoisotopic (exact) mass is 422 g/mol. The molecule has 0 atom stereocenters. The van der Waals surface area contributed by atoms with Crippen molar-refractivity contribution < 1.29 is 8.42 Å². The summed E-state index contributed by atoms with van der Waals surface area (Å²) in [7, 11) is -3.42. The number of aromatic nitrogens is 5. The lowest BCUT2D eigenvalue weighted by Crippen LogP contribution is -2.14. The number of nitrogens with zero attached hydrogens (tertiary/aromatic N) is 4. The first-order valence-electron chi connectivity index (χ1n) is 10.0. The zero-order chi connectivity index (χ0) is 20.7. The number of fused-ring (bicyclic) bond motifs is 1. The van der Waals surface area contributed by atoms with Crippen LogP contribution in [0, 0.1) is 0 Å². The fourth-order valence-corrected chi connectivity index (χ4v) is 4.21. The molecule has 9 heteroatoms. The topological polar surface area (TPSA) is 106 Å². The van der Waals surface area contributed by atoms with Crippen LogP contribution in [0.25, 0.3) is 22.2 Å². The van der Waals surface area contributed by atoms with Crippen molar-refractivity contribution in [3.8, 4) is 11.3 Å². The van der Waals surface area contributed by atoms with E-state index in [-0.39, 0.29) is 5.75 Å². The number of rotatable bonds is 7. The highest BCUT2D eigenvalue weighted by molar-refractivity contribution is 7.92. The van der Waals surface area contributed by atoms with Gasteiger partial charge in [-0.3, -0.25) is 9.82 Å². The van der Waals surface area contributed by atoms with Crippen LogP contribution in [-0.4, -0.2) is 39.4 Å². The van der Waals surface area contributed by atoms with Crippen LogP contribution in [0.4, 0.5) is 5.82 Å². The summed E-state index contributed by atoms with van der Waals surface area (Å²) in [5.41, 5.74) is 4.83. The van der Waals surface area contributed by atoms with Crippen molar-refractivity contribution >= 4 is 26.7 Å². The van der Waals surface area contributed by atoms with Crippen LogP contribution >= 0.6 is 0 Å². The zero-order valence-corrected chi connectivity index (χ0v) is 17.4. The van der Waals surface area contributed by atoms with E-state index in [0.717, 1.165) is 35.3 Å². The number of sulfonamides is 1. The highest BCUT2D eigenvalue weighted by atomic mass is 32.2. The fraction of sp³-hybridized carbons (Fsp3) is 0.286. The molecular weight excluding hydrogens is 400 g/mol. The van der Waals surface area contributed by atoms with Gasteiger partial charge in [-0.05, 0) is 37.5 Å². The molecule has 1 saturated carbocycles. The Morgan fingerprint density at radius 2 is 1.97 bits per heavy atom. The summed E-state index contributed by atoms with van der Waals surface area (Å²) >= 11 is 0. The second kappa shape index (κ2) is 7.24. The molecule has 2 N–H and O–H groups in total. The van der Waals surface area contributed by atoms with Gasteiger partial charge in [-0.1, -0.05) is 41.6 Å². The van der Waals surface area contributed by atoms with E-state index in [0.29, 0.717) is 23.7 Å². The van der Waals surface area contributed by atoms with E-state index in [9.17, 15) is 8.42 Å². The largest absolute Gasteiger partial charge is 0.276 e. The Kier molecular flexibility index (Phi) is 4.54. The summed E-state index contributed by atoms with van der Waals surface area (Å²) in [6, 6.07) is 16.0. The number of aromatic amines is 1. The second-order valence-corrected chi connectivity index (χ2v) is 9.59. The Morgan fingerprint density at radius 1 is 1.17 bits per heavy atom. The lowest BCUT2D eigenvalue weighted by Gasteiger charge is -2.08. The van der Waals surface area contributed by atoms with Crippen molar-refractivity contribution in [2.75, 3.05) is 10.5 Å². The average Bonchev–Trinajstić information content (AvgIpc) is 3.40. The van der Waals surface area contributed by atoms with Crippen LogP contribution in [0.15, 0.2) is 48.5 Å². The van der Waals surface area contributed by atoms with Gasteiger partial charge in [0.1, 0.15) is 5.69 Å². The molecule has 0 saturated heterocycles. The molecule has 5 rings (SSSR count). The Hall–Kier alpha value is -3.20. The maximum Gasteiger partial charge on any atom is 0.233 e. The number of H-pyrrole nitrogens is 1. The number of hydrogen-bond donors (Lipinski definition) is 2. The lowest BCUT2D eigenvalue weighted by molar-refractivity contribution is 0.602. The van der Waals surface area contributed by atoms with Crippen molar-refractivity contribution in [3.05, 3.63) is 59.8 Å². The molecule has 0 spiro atoms. The summed E-state index contributed by atoms with van der Waals surface area (Å²) in [6.45, 7) is 2.27. The summed E-state index contributed by atoms with van der Waals surface area (Å²) < 4.78 is 28.5. The zero-order valence-electron chi connectivity index (χ0n) is 16.5. The molecule has 1 aliphatic carbocycles. The highest BCUT2D eigenvalue weighted by Crippen LogP contribution is 2.44. The Bertz CT molecular complexity index is 1310. The molecular formula is C21H22N6O2S. The van der Waals surface area contributed by atoms with Gasteiger partial charge in [0.25, 0.3) is 0 Å². The lowest BCUT2D eigenvalue weighted by atomic mass is 10.1. The first-order valence-corrected chi connectivity index (χ1v) is 11.7. The van der Waals surface area contributed by atoms with Gasteiger partial charge in [0.15, 0.2) is 5.82 Å². The molecule has 1 fully saturated rings. The first kappa shape index (κ1) is 18.8. The van der Waals surface area contributed by atoms with Gasteiger partial charge in [0, 0.05) is 16.9 Å². The van der Waals surface area contributed by atoms with Crippen LogP contribution < -0.4 is 4.72 Å². The van der Waals surface area contributed by atoms with Crippen LogP contribution in [-0.2, 0) is 16.6 Å². The van der Waals surface area contributed by atoms with E-state index in [2.05, 4.69) is 37.4 Å².